The minimum Gasteiger partial charge on any atom is -0.344 e. The fourth-order valence-corrected chi connectivity index (χ4v) is 4.47. The number of halogens is 1. The first-order chi connectivity index (χ1) is 12.0. The van der Waals surface area contributed by atoms with E-state index in [1.807, 2.05) is 43.3 Å². The van der Waals surface area contributed by atoms with Gasteiger partial charge >= 0.3 is 0 Å². The first-order valence-electron chi connectivity index (χ1n) is 8.22. The van der Waals surface area contributed by atoms with Crippen molar-refractivity contribution in [2.45, 2.75) is 33.4 Å². The second kappa shape index (κ2) is 7.58. The van der Waals surface area contributed by atoms with Crippen molar-refractivity contribution in [1.29, 1.82) is 0 Å². The van der Waals surface area contributed by atoms with E-state index in [9.17, 15) is 4.79 Å². The molecule has 0 aliphatic heterocycles. The summed E-state index contributed by atoms with van der Waals surface area (Å²) < 4.78 is 4.23. The van der Waals surface area contributed by atoms with Crippen molar-refractivity contribution < 1.29 is 4.79 Å². The molecule has 3 nitrogen and oxygen atoms in total. The molecule has 5 heteroatoms. The molecule has 0 saturated heterocycles. The van der Waals surface area contributed by atoms with E-state index in [1.54, 1.807) is 11.3 Å². The molecule has 0 aliphatic carbocycles. The number of rotatable bonds is 5. The highest BCUT2D eigenvalue weighted by molar-refractivity contribution is 9.10. The number of hydrogen-bond donors (Lipinski definition) is 1. The summed E-state index contributed by atoms with van der Waals surface area (Å²) >= 11 is 5.26. The normalized spacial score (nSPS) is 12.2. The fourth-order valence-electron chi connectivity index (χ4n) is 2.78. The Morgan fingerprint density at radius 1 is 1.32 bits per heavy atom. The highest BCUT2D eigenvalue weighted by atomic mass is 79.9. The molecule has 0 bridgehead atoms. The van der Waals surface area contributed by atoms with E-state index in [2.05, 4.69) is 51.1 Å². The smallest absolute Gasteiger partial charge is 0.268 e. The maximum absolute atomic E-state index is 12.9. The van der Waals surface area contributed by atoms with Crippen LogP contribution in [0.25, 0.3) is 10.2 Å². The quantitative estimate of drug-likeness (QED) is 0.514. The topological polar surface area (TPSA) is 34.0 Å². The van der Waals surface area contributed by atoms with Crippen LogP contribution in [0.4, 0.5) is 0 Å². The second-order valence-electron chi connectivity index (χ2n) is 6.32. The molecule has 130 valence electrons. The van der Waals surface area contributed by atoms with Crippen molar-refractivity contribution in [2.75, 3.05) is 0 Å². The predicted molar refractivity (Wildman–Crippen MR) is 109 cm³/mol. The summed E-state index contributed by atoms with van der Waals surface area (Å²) in [6, 6.07) is 12.0. The van der Waals surface area contributed by atoms with E-state index in [0.29, 0.717) is 12.2 Å². The van der Waals surface area contributed by atoms with E-state index < -0.39 is 0 Å². The summed E-state index contributed by atoms with van der Waals surface area (Å²) in [5, 5.41) is 5.19. The lowest BCUT2D eigenvalue weighted by Gasteiger charge is -2.15. The lowest BCUT2D eigenvalue weighted by atomic mass is 10.1. The van der Waals surface area contributed by atoms with E-state index in [-0.39, 0.29) is 11.9 Å². The van der Waals surface area contributed by atoms with E-state index in [0.717, 1.165) is 20.3 Å². The van der Waals surface area contributed by atoms with Crippen LogP contribution in [0.3, 0.4) is 0 Å². The van der Waals surface area contributed by atoms with Crippen molar-refractivity contribution >= 4 is 43.4 Å². The van der Waals surface area contributed by atoms with Gasteiger partial charge in [0.2, 0.25) is 0 Å². The molecule has 1 atom stereocenters. The van der Waals surface area contributed by atoms with Gasteiger partial charge in [-0.05, 0) is 48.3 Å². The number of fused-ring (bicyclic) bond motifs is 1. The van der Waals surface area contributed by atoms with Crippen LogP contribution in [-0.4, -0.2) is 10.5 Å². The van der Waals surface area contributed by atoms with Crippen LogP contribution in [0.5, 0.6) is 0 Å². The molecule has 3 rings (SSSR count). The van der Waals surface area contributed by atoms with Gasteiger partial charge in [-0.25, -0.2) is 0 Å². The summed E-state index contributed by atoms with van der Waals surface area (Å²) in [5.41, 5.74) is 4.11. The minimum atomic E-state index is -0.0474. The number of hydrogen-bond acceptors (Lipinski definition) is 2. The number of aromatic nitrogens is 1. The van der Waals surface area contributed by atoms with Gasteiger partial charge in [0.1, 0.15) is 5.69 Å². The van der Waals surface area contributed by atoms with Crippen LogP contribution in [0.1, 0.15) is 42.9 Å². The average Bonchev–Trinajstić information content (AvgIpc) is 3.14. The summed E-state index contributed by atoms with van der Waals surface area (Å²) in [6.45, 7) is 6.83. The SMILES string of the molecule is CC(C)=CCn1c(C(=O)N[C@@H](C)c2ccccc2)cc2scc(Br)c21. The Balaban J connectivity index is 1.93. The van der Waals surface area contributed by atoms with Crippen LogP contribution in [0.2, 0.25) is 0 Å². The summed E-state index contributed by atoms with van der Waals surface area (Å²) in [7, 11) is 0. The molecule has 2 aromatic heterocycles. The number of amides is 1. The van der Waals surface area contributed by atoms with E-state index in [4.69, 9.17) is 0 Å². The summed E-state index contributed by atoms with van der Waals surface area (Å²) in [5.74, 6) is -0.0474. The molecule has 1 aromatic carbocycles. The minimum absolute atomic E-state index is 0.0398. The van der Waals surface area contributed by atoms with Crippen molar-refractivity contribution in [3.63, 3.8) is 0 Å². The maximum Gasteiger partial charge on any atom is 0.268 e. The van der Waals surface area contributed by atoms with Gasteiger partial charge in [0.05, 0.1) is 20.7 Å². The fraction of sp³-hybridized carbons (Fsp3) is 0.250. The standard InChI is InChI=1S/C20H21BrN2OS/c1-13(2)9-10-23-17(11-18-19(23)16(21)12-25-18)20(24)22-14(3)15-7-5-4-6-8-15/h4-9,11-12,14H,10H2,1-3H3,(H,22,24)/t14-/m0/s1. The van der Waals surface area contributed by atoms with Crippen molar-refractivity contribution in [1.82, 2.24) is 9.88 Å². The Morgan fingerprint density at radius 3 is 2.72 bits per heavy atom. The average molecular weight is 417 g/mol. The number of nitrogens with one attached hydrogen (secondary N) is 1. The lowest BCUT2D eigenvalue weighted by molar-refractivity contribution is 0.0931. The van der Waals surface area contributed by atoms with Crippen LogP contribution in [0, 0.1) is 0 Å². The molecule has 0 radical (unpaired) electrons. The summed E-state index contributed by atoms with van der Waals surface area (Å²) in [6.07, 6.45) is 2.14. The zero-order valence-corrected chi connectivity index (χ0v) is 16.9. The van der Waals surface area contributed by atoms with Gasteiger partial charge in [-0.1, -0.05) is 42.0 Å². The van der Waals surface area contributed by atoms with Crippen LogP contribution in [-0.2, 0) is 6.54 Å². The Labute approximate surface area is 160 Å². The molecule has 1 N–H and O–H groups in total. The van der Waals surface area contributed by atoms with Crippen LogP contribution < -0.4 is 5.32 Å². The number of thiophene rings is 1. The van der Waals surface area contributed by atoms with Crippen LogP contribution >= 0.6 is 27.3 Å². The highest BCUT2D eigenvalue weighted by Gasteiger charge is 2.19. The third-order valence-corrected chi connectivity index (χ3v) is 5.97. The molecule has 1 amide bonds. The van der Waals surface area contributed by atoms with Gasteiger partial charge in [0.15, 0.2) is 0 Å². The van der Waals surface area contributed by atoms with Crippen molar-refractivity contribution in [3.8, 4) is 0 Å². The molecule has 0 saturated carbocycles. The predicted octanol–water partition coefficient (Wildman–Crippen LogP) is 5.92. The Kier molecular flexibility index (Phi) is 5.45. The maximum atomic E-state index is 12.9. The van der Waals surface area contributed by atoms with Gasteiger partial charge in [-0.3, -0.25) is 4.79 Å². The van der Waals surface area contributed by atoms with Gasteiger partial charge in [-0.2, -0.15) is 0 Å². The lowest BCUT2D eigenvalue weighted by Crippen LogP contribution is -2.28. The molecular weight excluding hydrogens is 396 g/mol. The van der Waals surface area contributed by atoms with E-state index >= 15 is 0 Å². The number of allylic oxidation sites excluding steroid dienone is 2. The molecule has 0 aliphatic rings. The molecular formula is C20H21BrN2OS. The zero-order chi connectivity index (χ0) is 18.0. The molecule has 25 heavy (non-hydrogen) atoms. The molecule has 0 fully saturated rings. The van der Waals surface area contributed by atoms with Crippen molar-refractivity contribution in [3.05, 3.63) is 69.2 Å². The Morgan fingerprint density at radius 2 is 2.04 bits per heavy atom. The monoisotopic (exact) mass is 416 g/mol. The first-order valence-corrected chi connectivity index (χ1v) is 9.90. The third-order valence-electron chi connectivity index (χ3n) is 4.14. The van der Waals surface area contributed by atoms with E-state index in [1.165, 1.54) is 5.57 Å². The highest BCUT2D eigenvalue weighted by Crippen LogP contribution is 2.33. The molecule has 3 aromatic rings. The molecule has 2 heterocycles. The number of nitrogens with zero attached hydrogens (tertiary/aromatic N) is 1. The van der Waals surface area contributed by atoms with Gasteiger partial charge in [0.25, 0.3) is 5.91 Å². The van der Waals surface area contributed by atoms with Gasteiger partial charge in [0, 0.05) is 11.9 Å². The third kappa shape index (κ3) is 3.88. The second-order valence-corrected chi connectivity index (χ2v) is 8.09. The number of carbonyl (C=O) groups is 1. The van der Waals surface area contributed by atoms with Gasteiger partial charge in [-0.15, -0.1) is 11.3 Å². The first kappa shape index (κ1) is 18.0. The van der Waals surface area contributed by atoms with Crippen LogP contribution in [0.15, 0.2) is 57.9 Å². The van der Waals surface area contributed by atoms with Crippen molar-refractivity contribution in [2.24, 2.45) is 0 Å². The Bertz CT molecular complexity index is 920. The number of carbonyl (C=O) groups excluding carboxylic acids is 1. The number of benzene rings is 1. The van der Waals surface area contributed by atoms with Gasteiger partial charge < -0.3 is 9.88 Å². The zero-order valence-electron chi connectivity index (χ0n) is 14.5. The largest absolute Gasteiger partial charge is 0.344 e. The Hall–Kier alpha value is -1.85. The molecule has 0 unspecified atom stereocenters. The molecule has 0 spiro atoms. The summed E-state index contributed by atoms with van der Waals surface area (Å²) in [4.78, 5) is 12.9.